The average Bonchev–Trinajstić information content (AvgIpc) is 3.22. The molecule has 0 saturated carbocycles. The Morgan fingerprint density at radius 2 is 2.28 bits per heavy atom. The van der Waals surface area contributed by atoms with Crippen molar-refractivity contribution >= 4 is 5.91 Å². The van der Waals surface area contributed by atoms with Crippen LogP contribution in [0.1, 0.15) is 36.2 Å². The number of aryl methyl sites for hydroxylation is 1. The quantitative estimate of drug-likeness (QED) is 0.809. The highest BCUT2D eigenvalue weighted by Crippen LogP contribution is 2.25. The minimum atomic E-state index is 0.0144. The van der Waals surface area contributed by atoms with Crippen LogP contribution in [0, 0.1) is 11.8 Å². The molecule has 134 valence electrons. The van der Waals surface area contributed by atoms with Gasteiger partial charge in [-0.1, -0.05) is 13.8 Å². The van der Waals surface area contributed by atoms with E-state index < -0.39 is 0 Å². The van der Waals surface area contributed by atoms with Gasteiger partial charge < -0.3 is 9.64 Å². The number of amides is 1. The summed E-state index contributed by atoms with van der Waals surface area (Å²) in [5.74, 6) is 1.32. The van der Waals surface area contributed by atoms with Crippen molar-refractivity contribution in [1.29, 1.82) is 0 Å². The highest BCUT2D eigenvalue weighted by Gasteiger charge is 2.29. The third kappa shape index (κ3) is 4.38. The Balaban J connectivity index is 1.64. The molecule has 0 aliphatic carbocycles. The molecular formula is C19H26N4O2. The molecule has 6 nitrogen and oxygen atoms in total. The molecule has 0 bridgehead atoms. The maximum atomic E-state index is 12.9. The summed E-state index contributed by atoms with van der Waals surface area (Å²) in [7, 11) is 1.93. The zero-order valence-corrected chi connectivity index (χ0v) is 15.2. The second kappa shape index (κ2) is 7.68. The molecule has 3 heterocycles. The van der Waals surface area contributed by atoms with Crippen LogP contribution in [-0.4, -0.2) is 45.3 Å². The van der Waals surface area contributed by atoms with Gasteiger partial charge in [-0.2, -0.15) is 5.10 Å². The number of rotatable bonds is 6. The summed E-state index contributed by atoms with van der Waals surface area (Å²) >= 11 is 0. The summed E-state index contributed by atoms with van der Waals surface area (Å²) in [6, 6.07) is 3.60. The van der Waals surface area contributed by atoms with Gasteiger partial charge in [0.05, 0.1) is 12.8 Å². The van der Waals surface area contributed by atoms with Crippen LogP contribution in [0.2, 0.25) is 0 Å². The second-order valence-electron chi connectivity index (χ2n) is 7.19. The van der Waals surface area contributed by atoms with Gasteiger partial charge in [-0.25, -0.2) is 4.98 Å². The first-order chi connectivity index (χ1) is 12.0. The van der Waals surface area contributed by atoms with Crippen LogP contribution in [0.4, 0.5) is 0 Å². The van der Waals surface area contributed by atoms with E-state index in [9.17, 15) is 4.79 Å². The Kier molecular flexibility index (Phi) is 5.36. The highest BCUT2D eigenvalue weighted by atomic mass is 16.5. The third-order valence-electron chi connectivity index (χ3n) is 4.41. The monoisotopic (exact) mass is 342 g/mol. The third-order valence-corrected chi connectivity index (χ3v) is 4.41. The largest absolute Gasteiger partial charge is 0.477 e. The molecule has 2 aromatic rings. The standard InChI is InChI=1S/C19H26N4O2/c1-14(2)13-25-18-17(5-4-7-20-18)19(24)23-8-6-15(12-23)9-16-10-21-22(3)11-16/h4-5,7,10-11,14-15H,6,8-9,12-13H2,1-3H3. The lowest BCUT2D eigenvalue weighted by Gasteiger charge is -2.18. The van der Waals surface area contributed by atoms with Crippen molar-refractivity contribution in [2.45, 2.75) is 26.7 Å². The van der Waals surface area contributed by atoms with Crippen LogP contribution in [0.15, 0.2) is 30.7 Å². The number of aromatic nitrogens is 3. The van der Waals surface area contributed by atoms with Crippen molar-refractivity contribution in [2.24, 2.45) is 18.9 Å². The minimum absolute atomic E-state index is 0.0144. The molecule has 1 unspecified atom stereocenters. The summed E-state index contributed by atoms with van der Waals surface area (Å²) in [6.45, 7) is 6.26. The van der Waals surface area contributed by atoms with Gasteiger partial charge in [0.25, 0.3) is 5.91 Å². The van der Waals surface area contributed by atoms with Crippen LogP contribution in [0.25, 0.3) is 0 Å². The molecule has 1 aliphatic rings. The summed E-state index contributed by atoms with van der Waals surface area (Å²) in [5, 5.41) is 4.22. The minimum Gasteiger partial charge on any atom is -0.477 e. The Hall–Kier alpha value is -2.37. The molecule has 1 aliphatic heterocycles. The first kappa shape index (κ1) is 17.5. The maximum absolute atomic E-state index is 12.9. The van der Waals surface area contributed by atoms with Crippen molar-refractivity contribution in [1.82, 2.24) is 19.7 Å². The fourth-order valence-corrected chi connectivity index (χ4v) is 3.18. The van der Waals surface area contributed by atoms with E-state index in [-0.39, 0.29) is 5.91 Å². The number of nitrogens with zero attached hydrogens (tertiary/aromatic N) is 4. The lowest BCUT2D eigenvalue weighted by atomic mass is 10.0. The van der Waals surface area contributed by atoms with E-state index in [0.29, 0.717) is 29.9 Å². The average molecular weight is 342 g/mol. The Morgan fingerprint density at radius 3 is 3.00 bits per heavy atom. The number of likely N-dealkylation sites (tertiary alicyclic amines) is 1. The zero-order valence-electron chi connectivity index (χ0n) is 15.2. The molecule has 0 N–H and O–H groups in total. The van der Waals surface area contributed by atoms with Gasteiger partial charge in [-0.3, -0.25) is 9.48 Å². The van der Waals surface area contributed by atoms with Gasteiger partial charge in [0.1, 0.15) is 5.56 Å². The van der Waals surface area contributed by atoms with Gasteiger partial charge in [-0.05, 0) is 42.4 Å². The van der Waals surface area contributed by atoms with Crippen molar-refractivity contribution in [2.75, 3.05) is 19.7 Å². The van der Waals surface area contributed by atoms with Crippen LogP contribution in [-0.2, 0) is 13.5 Å². The predicted molar refractivity (Wildman–Crippen MR) is 95.5 cm³/mol. The number of carbonyl (C=O) groups is 1. The Morgan fingerprint density at radius 1 is 1.44 bits per heavy atom. The fourth-order valence-electron chi connectivity index (χ4n) is 3.18. The van der Waals surface area contributed by atoms with E-state index in [4.69, 9.17) is 4.74 Å². The smallest absolute Gasteiger partial charge is 0.259 e. The topological polar surface area (TPSA) is 60.2 Å². The Labute approximate surface area is 148 Å². The second-order valence-corrected chi connectivity index (χ2v) is 7.19. The number of ether oxygens (including phenoxy) is 1. The molecule has 1 atom stereocenters. The molecule has 0 spiro atoms. The van der Waals surface area contributed by atoms with E-state index in [1.165, 1.54) is 5.56 Å². The van der Waals surface area contributed by atoms with Gasteiger partial charge in [0.2, 0.25) is 5.88 Å². The zero-order chi connectivity index (χ0) is 17.8. The van der Waals surface area contributed by atoms with Gasteiger partial charge in [0.15, 0.2) is 0 Å². The lowest BCUT2D eigenvalue weighted by Crippen LogP contribution is -2.29. The van der Waals surface area contributed by atoms with Crippen LogP contribution >= 0.6 is 0 Å². The molecule has 0 radical (unpaired) electrons. The highest BCUT2D eigenvalue weighted by molar-refractivity contribution is 5.96. The van der Waals surface area contributed by atoms with E-state index >= 15 is 0 Å². The Bertz CT molecular complexity index is 726. The SMILES string of the molecule is CC(C)COc1ncccc1C(=O)N1CCC(Cc2cnn(C)c2)C1. The summed E-state index contributed by atoms with van der Waals surface area (Å²) in [5.41, 5.74) is 1.79. The van der Waals surface area contributed by atoms with Gasteiger partial charge >= 0.3 is 0 Å². The van der Waals surface area contributed by atoms with Crippen molar-refractivity contribution < 1.29 is 9.53 Å². The van der Waals surface area contributed by atoms with E-state index in [2.05, 4.69) is 23.9 Å². The molecule has 1 fully saturated rings. The van der Waals surface area contributed by atoms with Crippen LogP contribution in [0.5, 0.6) is 5.88 Å². The van der Waals surface area contributed by atoms with Crippen LogP contribution < -0.4 is 4.74 Å². The normalized spacial score (nSPS) is 17.3. The maximum Gasteiger partial charge on any atom is 0.259 e. The van der Waals surface area contributed by atoms with Crippen molar-refractivity contribution in [3.63, 3.8) is 0 Å². The number of pyridine rings is 1. The fraction of sp³-hybridized carbons (Fsp3) is 0.526. The summed E-state index contributed by atoms with van der Waals surface area (Å²) in [6.07, 6.45) is 7.60. The molecule has 25 heavy (non-hydrogen) atoms. The number of hydrogen-bond acceptors (Lipinski definition) is 4. The summed E-state index contributed by atoms with van der Waals surface area (Å²) in [4.78, 5) is 19.1. The van der Waals surface area contributed by atoms with E-state index in [1.807, 2.05) is 29.0 Å². The van der Waals surface area contributed by atoms with Crippen LogP contribution in [0.3, 0.4) is 0 Å². The predicted octanol–water partition coefficient (Wildman–Crippen LogP) is 2.55. The molecule has 6 heteroatoms. The molecule has 2 aromatic heterocycles. The first-order valence-corrected chi connectivity index (χ1v) is 8.87. The van der Waals surface area contributed by atoms with Crippen molar-refractivity contribution in [3.8, 4) is 5.88 Å². The first-order valence-electron chi connectivity index (χ1n) is 8.87. The molecule has 1 amide bonds. The molecular weight excluding hydrogens is 316 g/mol. The number of hydrogen-bond donors (Lipinski definition) is 0. The van der Waals surface area contributed by atoms with Crippen molar-refractivity contribution in [3.05, 3.63) is 41.9 Å². The summed E-state index contributed by atoms with van der Waals surface area (Å²) < 4.78 is 7.56. The van der Waals surface area contributed by atoms with Gasteiger partial charge in [-0.15, -0.1) is 0 Å². The van der Waals surface area contributed by atoms with E-state index in [0.717, 1.165) is 25.9 Å². The molecule has 3 rings (SSSR count). The lowest BCUT2D eigenvalue weighted by molar-refractivity contribution is 0.0780. The molecule has 0 aromatic carbocycles. The number of carbonyl (C=O) groups excluding carboxylic acids is 1. The molecule has 1 saturated heterocycles. The van der Waals surface area contributed by atoms with E-state index in [1.54, 1.807) is 18.3 Å². The van der Waals surface area contributed by atoms with Gasteiger partial charge in [0, 0.05) is 32.5 Å².